The number of nitrogens with zero attached hydrogens (tertiary/aromatic N) is 1. The zero-order valence-electron chi connectivity index (χ0n) is 11.6. The van der Waals surface area contributed by atoms with E-state index >= 15 is 0 Å². The van der Waals surface area contributed by atoms with E-state index in [1.807, 2.05) is 6.07 Å². The summed E-state index contributed by atoms with van der Waals surface area (Å²) in [6.45, 7) is 6.35. The lowest BCUT2D eigenvalue weighted by atomic mass is 10.0. The third-order valence-electron chi connectivity index (χ3n) is 3.84. The van der Waals surface area contributed by atoms with Gasteiger partial charge in [0.05, 0.1) is 4.47 Å². The van der Waals surface area contributed by atoms with Gasteiger partial charge in [0.25, 0.3) is 0 Å². The molecular formula is C15H22BrFN2. The molecule has 1 aromatic carbocycles. The largest absolute Gasteiger partial charge is 0.366 e. The van der Waals surface area contributed by atoms with Crippen molar-refractivity contribution in [3.05, 3.63) is 28.5 Å². The van der Waals surface area contributed by atoms with Crippen LogP contribution >= 0.6 is 15.9 Å². The van der Waals surface area contributed by atoms with Crippen LogP contribution in [0.15, 0.2) is 22.7 Å². The van der Waals surface area contributed by atoms with Crippen molar-refractivity contribution >= 4 is 21.6 Å². The second-order valence-electron chi connectivity index (χ2n) is 5.21. The summed E-state index contributed by atoms with van der Waals surface area (Å²) in [5, 5.41) is 3.60. The Morgan fingerprint density at radius 2 is 2.21 bits per heavy atom. The zero-order valence-corrected chi connectivity index (χ0v) is 13.2. The van der Waals surface area contributed by atoms with Gasteiger partial charge >= 0.3 is 0 Å². The normalized spacial score (nSPS) is 23.7. The lowest BCUT2D eigenvalue weighted by molar-refractivity contribution is 0.369. The number of anilines is 1. The van der Waals surface area contributed by atoms with E-state index in [9.17, 15) is 4.39 Å². The zero-order chi connectivity index (χ0) is 13.8. The van der Waals surface area contributed by atoms with E-state index in [0.717, 1.165) is 25.2 Å². The van der Waals surface area contributed by atoms with Gasteiger partial charge in [-0.1, -0.05) is 20.3 Å². The van der Waals surface area contributed by atoms with E-state index in [4.69, 9.17) is 0 Å². The quantitative estimate of drug-likeness (QED) is 0.900. The first-order chi connectivity index (χ1) is 9.15. The van der Waals surface area contributed by atoms with Crippen LogP contribution in [0.2, 0.25) is 0 Å². The molecule has 1 heterocycles. The van der Waals surface area contributed by atoms with Crippen molar-refractivity contribution in [2.45, 2.75) is 45.2 Å². The van der Waals surface area contributed by atoms with Crippen LogP contribution in [0.5, 0.6) is 0 Å². The standard InChI is InChI=1S/C15H22BrFN2/c1-3-5-11-10-19(12(4-2)9-18-11)13-6-7-14(16)15(17)8-13/h6-8,11-12,18H,3-5,9-10H2,1-2H3. The summed E-state index contributed by atoms with van der Waals surface area (Å²) in [6, 6.07) is 6.41. The van der Waals surface area contributed by atoms with Crippen LogP contribution in [-0.2, 0) is 0 Å². The Balaban J connectivity index is 2.19. The average Bonchev–Trinajstić information content (AvgIpc) is 2.42. The number of hydrogen-bond donors (Lipinski definition) is 1. The van der Waals surface area contributed by atoms with Crippen molar-refractivity contribution in [2.75, 3.05) is 18.0 Å². The van der Waals surface area contributed by atoms with Crippen molar-refractivity contribution in [3.8, 4) is 0 Å². The number of benzene rings is 1. The van der Waals surface area contributed by atoms with Gasteiger partial charge in [0.2, 0.25) is 0 Å². The summed E-state index contributed by atoms with van der Waals surface area (Å²) in [5.74, 6) is -0.182. The van der Waals surface area contributed by atoms with Crippen molar-refractivity contribution < 1.29 is 4.39 Å². The van der Waals surface area contributed by atoms with E-state index in [2.05, 4.69) is 40.0 Å². The SMILES string of the molecule is CCCC1CN(c2ccc(Br)c(F)c2)C(CC)CN1. The predicted octanol–water partition coefficient (Wildman–Crippen LogP) is 3.95. The van der Waals surface area contributed by atoms with Crippen LogP contribution < -0.4 is 10.2 Å². The minimum Gasteiger partial charge on any atom is -0.366 e. The van der Waals surface area contributed by atoms with Crippen LogP contribution in [0.3, 0.4) is 0 Å². The maximum absolute atomic E-state index is 13.7. The fraction of sp³-hybridized carbons (Fsp3) is 0.600. The van der Waals surface area contributed by atoms with Gasteiger partial charge in [-0.15, -0.1) is 0 Å². The highest BCUT2D eigenvalue weighted by molar-refractivity contribution is 9.10. The minimum absolute atomic E-state index is 0.182. The molecule has 106 valence electrons. The highest BCUT2D eigenvalue weighted by Crippen LogP contribution is 2.26. The first kappa shape index (κ1) is 14.8. The van der Waals surface area contributed by atoms with Gasteiger partial charge in [0.15, 0.2) is 0 Å². The van der Waals surface area contributed by atoms with Gasteiger partial charge in [-0.3, -0.25) is 0 Å². The molecule has 2 nitrogen and oxygen atoms in total. The summed E-state index contributed by atoms with van der Waals surface area (Å²) in [7, 11) is 0. The second kappa shape index (κ2) is 6.71. The first-order valence-electron chi connectivity index (χ1n) is 7.10. The molecule has 0 radical (unpaired) electrons. The number of halogens is 2. The second-order valence-corrected chi connectivity index (χ2v) is 6.06. The van der Waals surface area contributed by atoms with Crippen molar-refractivity contribution in [1.82, 2.24) is 5.32 Å². The van der Waals surface area contributed by atoms with Crippen LogP contribution in [0.4, 0.5) is 10.1 Å². The molecule has 1 aliphatic heterocycles. The summed E-state index contributed by atoms with van der Waals surface area (Å²) in [4.78, 5) is 2.35. The average molecular weight is 329 g/mol. The highest BCUT2D eigenvalue weighted by atomic mass is 79.9. The van der Waals surface area contributed by atoms with E-state index in [0.29, 0.717) is 16.6 Å². The number of rotatable bonds is 4. The molecule has 1 N–H and O–H groups in total. The van der Waals surface area contributed by atoms with Gasteiger partial charge in [0.1, 0.15) is 5.82 Å². The topological polar surface area (TPSA) is 15.3 Å². The van der Waals surface area contributed by atoms with E-state index in [-0.39, 0.29) is 5.82 Å². The Morgan fingerprint density at radius 3 is 2.84 bits per heavy atom. The number of nitrogens with one attached hydrogen (secondary N) is 1. The fourth-order valence-electron chi connectivity index (χ4n) is 2.75. The summed E-state index contributed by atoms with van der Waals surface area (Å²) < 4.78 is 14.3. The molecule has 19 heavy (non-hydrogen) atoms. The molecule has 0 amide bonds. The molecule has 0 spiro atoms. The first-order valence-corrected chi connectivity index (χ1v) is 7.90. The lowest BCUT2D eigenvalue weighted by Crippen LogP contribution is -2.56. The van der Waals surface area contributed by atoms with Crippen LogP contribution in [0.1, 0.15) is 33.1 Å². The Hall–Kier alpha value is -0.610. The molecular weight excluding hydrogens is 307 g/mol. The third-order valence-corrected chi connectivity index (χ3v) is 4.49. The Labute approximate surface area is 123 Å². The van der Waals surface area contributed by atoms with Gasteiger partial charge in [0, 0.05) is 30.9 Å². The number of hydrogen-bond acceptors (Lipinski definition) is 2. The Bertz CT molecular complexity index is 425. The maximum atomic E-state index is 13.7. The molecule has 2 unspecified atom stereocenters. The van der Waals surface area contributed by atoms with Crippen LogP contribution in [-0.4, -0.2) is 25.2 Å². The van der Waals surface area contributed by atoms with Gasteiger partial charge in [-0.2, -0.15) is 0 Å². The molecule has 0 aromatic heterocycles. The molecule has 0 aliphatic carbocycles. The van der Waals surface area contributed by atoms with Crippen molar-refractivity contribution in [2.24, 2.45) is 0 Å². The Kier molecular flexibility index (Phi) is 5.22. The summed E-state index contributed by atoms with van der Waals surface area (Å²) >= 11 is 3.22. The minimum atomic E-state index is -0.182. The van der Waals surface area contributed by atoms with E-state index in [1.54, 1.807) is 12.1 Å². The van der Waals surface area contributed by atoms with Gasteiger partial charge < -0.3 is 10.2 Å². The van der Waals surface area contributed by atoms with E-state index in [1.165, 1.54) is 12.8 Å². The van der Waals surface area contributed by atoms with Crippen LogP contribution in [0.25, 0.3) is 0 Å². The molecule has 1 fully saturated rings. The smallest absolute Gasteiger partial charge is 0.139 e. The molecule has 2 rings (SSSR count). The van der Waals surface area contributed by atoms with Gasteiger partial charge in [-0.05, 0) is 47.0 Å². The summed E-state index contributed by atoms with van der Waals surface area (Å²) in [6.07, 6.45) is 3.42. The van der Waals surface area contributed by atoms with Gasteiger partial charge in [-0.25, -0.2) is 4.39 Å². The van der Waals surface area contributed by atoms with Crippen molar-refractivity contribution in [1.29, 1.82) is 0 Å². The lowest BCUT2D eigenvalue weighted by Gasteiger charge is -2.42. The summed E-state index contributed by atoms with van der Waals surface area (Å²) in [5.41, 5.74) is 0.996. The molecule has 1 aromatic rings. The number of piperazine rings is 1. The monoisotopic (exact) mass is 328 g/mol. The molecule has 0 bridgehead atoms. The maximum Gasteiger partial charge on any atom is 0.139 e. The molecule has 1 saturated heterocycles. The van der Waals surface area contributed by atoms with E-state index < -0.39 is 0 Å². The highest BCUT2D eigenvalue weighted by Gasteiger charge is 2.26. The molecule has 0 saturated carbocycles. The molecule has 2 atom stereocenters. The van der Waals surface area contributed by atoms with Crippen LogP contribution in [0, 0.1) is 5.82 Å². The third kappa shape index (κ3) is 3.48. The molecule has 1 aliphatic rings. The fourth-order valence-corrected chi connectivity index (χ4v) is 3.00. The van der Waals surface area contributed by atoms with Crippen molar-refractivity contribution in [3.63, 3.8) is 0 Å². The Morgan fingerprint density at radius 1 is 1.42 bits per heavy atom. The molecule has 4 heteroatoms. The predicted molar refractivity (Wildman–Crippen MR) is 82.2 cm³/mol.